The Morgan fingerprint density at radius 2 is 1.77 bits per heavy atom. The molecule has 2 amide bonds. The van der Waals surface area contributed by atoms with E-state index in [0.717, 1.165) is 36.9 Å². The number of nitrogens with zero attached hydrogens (tertiary/aromatic N) is 2. The van der Waals surface area contributed by atoms with E-state index in [2.05, 4.69) is 5.32 Å². The number of carbonyl (C=O) groups excluding carboxylic acids is 2. The van der Waals surface area contributed by atoms with Crippen molar-refractivity contribution in [2.24, 2.45) is 16.6 Å². The molecule has 1 spiro atoms. The Bertz CT molecular complexity index is 1020. The zero-order chi connectivity index (χ0) is 22.1. The normalized spacial score (nSPS) is 22.6. The van der Waals surface area contributed by atoms with E-state index in [0.29, 0.717) is 29.9 Å². The lowest BCUT2D eigenvalue weighted by molar-refractivity contribution is -0.125. The lowest BCUT2D eigenvalue weighted by Crippen LogP contribution is -2.50. The highest BCUT2D eigenvalue weighted by Gasteiger charge is 2.48. The number of benzene rings is 1. The number of nitrogens with two attached hydrogens (primary N) is 1. The third-order valence-corrected chi connectivity index (χ3v) is 8.09. The summed E-state index contributed by atoms with van der Waals surface area (Å²) in [6, 6.07) is 6.39. The van der Waals surface area contributed by atoms with Gasteiger partial charge in [-0.05, 0) is 49.5 Å². The molecule has 4 rings (SSSR count). The molecule has 8 nitrogen and oxygen atoms in total. The van der Waals surface area contributed by atoms with Crippen molar-refractivity contribution in [3.8, 4) is 0 Å². The molecule has 1 saturated carbocycles. The van der Waals surface area contributed by atoms with Gasteiger partial charge in [-0.2, -0.15) is 4.31 Å². The Labute approximate surface area is 182 Å². The molecule has 0 bridgehead atoms. The van der Waals surface area contributed by atoms with Gasteiger partial charge in [-0.3, -0.25) is 14.6 Å². The molecule has 31 heavy (non-hydrogen) atoms. The summed E-state index contributed by atoms with van der Waals surface area (Å²) in [5.41, 5.74) is 5.41. The molecule has 1 aromatic rings. The van der Waals surface area contributed by atoms with Crippen LogP contribution in [0.4, 0.5) is 0 Å². The van der Waals surface area contributed by atoms with Crippen LogP contribution in [0.3, 0.4) is 0 Å². The molecular formula is C22H28N4O4S. The number of hydrogen-bond donors (Lipinski definition) is 2. The standard InChI is InChI=1S/C22H28N4O4S/c23-19(27)17-8-6-16(7-9-17)10-15-31(29,30)26-13-11-22(12-14-26)21(28)24-20(25-22)18-4-2-1-3-5-18/h6-10,15,18H,1-5,11-14H2,(H2,23,27)(H,24,25,28)/b15-10+. The molecule has 1 saturated heterocycles. The summed E-state index contributed by atoms with van der Waals surface area (Å²) in [6.07, 6.45) is 7.93. The lowest BCUT2D eigenvalue weighted by atomic mass is 9.88. The second-order valence-electron chi connectivity index (χ2n) is 8.55. The highest BCUT2D eigenvalue weighted by Crippen LogP contribution is 2.34. The van der Waals surface area contributed by atoms with Gasteiger partial charge in [0.25, 0.3) is 5.91 Å². The van der Waals surface area contributed by atoms with Crippen LogP contribution in [0.5, 0.6) is 0 Å². The minimum absolute atomic E-state index is 0.0878. The Morgan fingerprint density at radius 1 is 1.13 bits per heavy atom. The third kappa shape index (κ3) is 4.57. The Hall–Kier alpha value is -2.52. The molecule has 9 heteroatoms. The van der Waals surface area contributed by atoms with Crippen molar-refractivity contribution < 1.29 is 18.0 Å². The van der Waals surface area contributed by atoms with Crippen molar-refractivity contribution in [3.05, 3.63) is 40.8 Å². The number of amides is 2. The van der Waals surface area contributed by atoms with Crippen LogP contribution in [-0.2, 0) is 14.8 Å². The molecule has 2 heterocycles. The van der Waals surface area contributed by atoms with Gasteiger partial charge in [0.2, 0.25) is 15.9 Å². The first-order valence-corrected chi connectivity index (χ1v) is 12.3. The van der Waals surface area contributed by atoms with Gasteiger partial charge in [0.1, 0.15) is 11.4 Å². The van der Waals surface area contributed by atoms with Gasteiger partial charge in [0.15, 0.2) is 0 Å². The molecule has 2 fully saturated rings. The molecule has 2 aliphatic heterocycles. The fourth-order valence-electron chi connectivity index (χ4n) is 4.57. The van der Waals surface area contributed by atoms with E-state index in [1.165, 1.54) is 16.8 Å². The SMILES string of the molecule is NC(=O)c1ccc(/C=C/S(=O)(=O)N2CCC3(CC2)N=C(C2CCCCC2)NC3=O)cc1. The van der Waals surface area contributed by atoms with E-state index in [1.54, 1.807) is 24.3 Å². The average molecular weight is 445 g/mol. The number of amidine groups is 1. The highest BCUT2D eigenvalue weighted by atomic mass is 32.2. The number of aliphatic imine (C=N–C) groups is 1. The van der Waals surface area contributed by atoms with E-state index in [9.17, 15) is 18.0 Å². The molecule has 0 aromatic heterocycles. The third-order valence-electron chi connectivity index (χ3n) is 6.53. The Balaban J connectivity index is 1.41. The van der Waals surface area contributed by atoms with Crippen LogP contribution in [0.2, 0.25) is 0 Å². The van der Waals surface area contributed by atoms with Crippen molar-refractivity contribution in [1.82, 2.24) is 9.62 Å². The monoisotopic (exact) mass is 444 g/mol. The van der Waals surface area contributed by atoms with Crippen LogP contribution in [0.15, 0.2) is 34.7 Å². The molecule has 0 radical (unpaired) electrons. The summed E-state index contributed by atoms with van der Waals surface area (Å²) in [7, 11) is -3.62. The van der Waals surface area contributed by atoms with Crippen molar-refractivity contribution in [3.63, 3.8) is 0 Å². The Kier molecular flexibility index (Phi) is 5.98. The van der Waals surface area contributed by atoms with Crippen LogP contribution < -0.4 is 11.1 Å². The summed E-state index contributed by atoms with van der Waals surface area (Å²) in [6.45, 7) is 0.504. The predicted octanol–water partition coefficient (Wildman–Crippen LogP) is 2.03. The molecule has 1 aliphatic carbocycles. The zero-order valence-corrected chi connectivity index (χ0v) is 18.2. The number of sulfonamides is 1. The van der Waals surface area contributed by atoms with Gasteiger partial charge in [-0.1, -0.05) is 31.4 Å². The van der Waals surface area contributed by atoms with E-state index in [-0.39, 0.29) is 19.0 Å². The van der Waals surface area contributed by atoms with Crippen LogP contribution in [-0.4, -0.2) is 49.0 Å². The molecule has 166 valence electrons. The maximum atomic E-state index is 12.8. The number of carbonyl (C=O) groups is 2. The molecular weight excluding hydrogens is 416 g/mol. The van der Waals surface area contributed by atoms with Gasteiger partial charge in [-0.25, -0.2) is 8.42 Å². The summed E-state index contributed by atoms with van der Waals surface area (Å²) in [5, 5.41) is 4.16. The second kappa shape index (κ2) is 8.55. The largest absolute Gasteiger partial charge is 0.366 e. The minimum Gasteiger partial charge on any atom is -0.366 e. The average Bonchev–Trinajstić information content (AvgIpc) is 3.09. The van der Waals surface area contributed by atoms with Crippen LogP contribution >= 0.6 is 0 Å². The van der Waals surface area contributed by atoms with E-state index in [4.69, 9.17) is 10.7 Å². The number of rotatable bonds is 5. The number of nitrogens with one attached hydrogen (secondary N) is 1. The maximum absolute atomic E-state index is 12.8. The minimum atomic E-state index is -3.62. The van der Waals surface area contributed by atoms with Crippen LogP contribution in [0.25, 0.3) is 6.08 Å². The summed E-state index contributed by atoms with van der Waals surface area (Å²) < 4.78 is 26.9. The van der Waals surface area contributed by atoms with E-state index < -0.39 is 21.5 Å². The maximum Gasteiger partial charge on any atom is 0.253 e. The first kappa shape index (κ1) is 21.7. The van der Waals surface area contributed by atoms with Gasteiger partial charge in [0.05, 0.1) is 0 Å². The molecule has 0 unspecified atom stereocenters. The molecule has 1 aromatic carbocycles. The summed E-state index contributed by atoms with van der Waals surface area (Å²) in [4.78, 5) is 28.6. The van der Waals surface area contributed by atoms with Gasteiger partial charge >= 0.3 is 0 Å². The lowest BCUT2D eigenvalue weighted by Gasteiger charge is -2.34. The van der Waals surface area contributed by atoms with E-state index in [1.807, 2.05) is 0 Å². The van der Waals surface area contributed by atoms with Crippen molar-refractivity contribution in [2.45, 2.75) is 50.5 Å². The topological polar surface area (TPSA) is 122 Å². The molecule has 3 N–H and O–H groups in total. The Morgan fingerprint density at radius 3 is 2.39 bits per heavy atom. The zero-order valence-electron chi connectivity index (χ0n) is 17.4. The van der Waals surface area contributed by atoms with Crippen molar-refractivity contribution in [1.29, 1.82) is 0 Å². The smallest absolute Gasteiger partial charge is 0.253 e. The summed E-state index contributed by atoms with van der Waals surface area (Å²) >= 11 is 0. The van der Waals surface area contributed by atoms with Crippen LogP contribution in [0, 0.1) is 5.92 Å². The molecule has 0 atom stereocenters. The summed E-state index contributed by atoms with van der Waals surface area (Å²) in [5.74, 6) is 0.508. The van der Waals surface area contributed by atoms with Crippen molar-refractivity contribution in [2.75, 3.05) is 13.1 Å². The predicted molar refractivity (Wildman–Crippen MR) is 119 cm³/mol. The fourth-order valence-corrected chi connectivity index (χ4v) is 5.76. The van der Waals surface area contributed by atoms with E-state index >= 15 is 0 Å². The number of primary amides is 1. The van der Waals surface area contributed by atoms with Crippen LogP contribution in [0.1, 0.15) is 60.9 Å². The number of piperidine rings is 1. The fraction of sp³-hybridized carbons (Fsp3) is 0.500. The second-order valence-corrected chi connectivity index (χ2v) is 10.4. The number of hydrogen-bond acceptors (Lipinski definition) is 5. The highest BCUT2D eigenvalue weighted by molar-refractivity contribution is 7.92. The van der Waals surface area contributed by atoms with Gasteiger partial charge < -0.3 is 11.1 Å². The van der Waals surface area contributed by atoms with Gasteiger partial charge in [-0.15, -0.1) is 0 Å². The quantitative estimate of drug-likeness (QED) is 0.721. The van der Waals surface area contributed by atoms with Crippen molar-refractivity contribution >= 4 is 33.7 Å². The molecule has 3 aliphatic rings. The first-order valence-electron chi connectivity index (χ1n) is 10.8. The first-order chi connectivity index (χ1) is 14.8. The van der Waals surface area contributed by atoms with Gasteiger partial charge in [0, 0.05) is 30.0 Å².